The fraction of sp³-hybridized carbons (Fsp3) is 0.455. The van der Waals surface area contributed by atoms with Gasteiger partial charge in [-0.25, -0.2) is 0 Å². The second kappa shape index (κ2) is 7.68. The molecule has 2 aliphatic rings. The molecule has 0 bridgehead atoms. The van der Waals surface area contributed by atoms with E-state index >= 15 is 0 Å². The van der Waals surface area contributed by atoms with E-state index in [1.54, 1.807) is 7.11 Å². The van der Waals surface area contributed by atoms with Crippen LogP contribution >= 0.6 is 0 Å². The SMILES string of the molecule is COc1ccc(Cc2cc3c(cc2C)COC32O[C@H](CO)[C@@H](O)[C@H](O)[C@H]2O)cc1. The van der Waals surface area contributed by atoms with Crippen molar-refractivity contribution in [2.75, 3.05) is 13.7 Å². The van der Waals surface area contributed by atoms with Gasteiger partial charge in [0.05, 0.1) is 20.3 Å². The molecule has 2 aromatic carbocycles. The van der Waals surface area contributed by atoms with Gasteiger partial charge in [0.15, 0.2) is 0 Å². The number of fused-ring (bicyclic) bond motifs is 2. The first-order valence-corrected chi connectivity index (χ1v) is 9.62. The minimum absolute atomic E-state index is 0.205. The number of rotatable bonds is 4. The van der Waals surface area contributed by atoms with Crippen LogP contribution in [-0.4, -0.2) is 58.6 Å². The van der Waals surface area contributed by atoms with Gasteiger partial charge in [0, 0.05) is 5.56 Å². The zero-order valence-electron chi connectivity index (χ0n) is 16.4. The van der Waals surface area contributed by atoms with E-state index in [9.17, 15) is 20.4 Å². The number of hydrogen-bond acceptors (Lipinski definition) is 7. The predicted octanol–water partition coefficient (Wildman–Crippen LogP) is 0.751. The predicted molar refractivity (Wildman–Crippen MR) is 103 cm³/mol. The first kappa shape index (κ1) is 20.3. The summed E-state index contributed by atoms with van der Waals surface area (Å²) in [6.45, 7) is 1.71. The molecule has 7 nitrogen and oxygen atoms in total. The van der Waals surface area contributed by atoms with Crippen molar-refractivity contribution in [3.8, 4) is 5.75 Å². The summed E-state index contributed by atoms with van der Waals surface area (Å²) >= 11 is 0. The Morgan fingerprint density at radius 2 is 1.83 bits per heavy atom. The number of methoxy groups -OCH3 is 1. The van der Waals surface area contributed by atoms with Crippen molar-refractivity contribution in [1.82, 2.24) is 0 Å². The smallest absolute Gasteiger partial charge is 0.225 e. The summed E-state index contributed by atoms with van der Waals surface area (Å²) in [6, 6.07) is 11.7. The zero-order chi connectivity index (χ0) is 20.8. The molecule has 0 aliphatic carbocycles. The molecule has 0 radical (unpaired) electrons. The van der Waals surface area contributed by atoms with Gasteiger partial charge < -0.3 is 34.6 Å². The molecular weight excluding hydrogens is 376 g/mol. The molecule has 0 saturated carbocycles. The molecule has 0 amide bonds. The largest absolute Gasteiger partial charge is 0.497 e. The van der Waals surface area contributed by atoms with Crippen LogP contribution < -0.4 is 4.74 Å². The van der Waals surface area contributed by atoms with Gasteiger partial charge in [-0.1, -0.05) is 18.2 Å². The van der Waals surface area contributed by atoms with E-state index in [1.807, 2.05) is 43.3 Å². The van der Waals surface area contributed by atoms with Crippen molar-refractivity contribution in [1.29, 1.82) is 0 Å². The molecule has 1 unspecified atom stereocenters. The number of aryl methyl sites for hydroxylation is 1. The number of aliphatic hydroxyl groups excluding tert-OH is 4. The standard InChI is InChI=1S/C22H26O7/c1-12-7-15-11-28-22(21(26)20(25)19(24)18(10-23)29-22)17(15)9-14(12)8-13-3-5-16(27-2)6-4-13/h3-7,9,18-21,23-26H,8,10-11H2,1-2H3/t18-,19-,20+,21-,22?/m1/s1. The Hall–Kier alpha value is -2.00. The quantitative estimate of drug-likeness (QED) is 0.598. The highest BCUT2D eigenvalue weighted by atomic mass is 16.7. The molecular formula is C22H26O7. The van der Waals surface area contributed by atoms with Crippen LogP contribution in [0, 0.1) is 6.92 Å². The molecule has 1 saturated heterocycles. The Morgan fingerprint density at radius 1 is 1.10 bits per heavy atom. The summed E-state index contributed by atoms with van der Waals surface area (Å²) in [5.41, 5.74) is 4.65. The van der Waals surface area contributed by atoms with Gasteiger partial charge >= 0.3 is 0 Å². The number of benzene rings is 2. The maximum Gasteiger partial charge on any atom is 0.225 e. The third kappa shape index (κ3) is 3.34. The van der Waals surface area contributed by atoms with Crippen molar-refractivity contribution in [3.05, 3.63) is 64.2 Å². The molecule has 7 heteroatoms. The molecule has 2 aromatic rings. The van der Waals surface area contributed by atoms with Crippen molar-refractivity contribution < 1.29 is 34.6 Å². The van der Waals surface area contributed by atoms with E-state index in [2.05, 4.69) is 0 Å². The Bertz CT molecular complexity index is 879. The molecule has 156 valence electrons. The second-order valence-electron chi connectivity index (χ2n) is 7.68. The van der Waals surface area contributed by atoms with E-state index in [-0.39, 0.29) is 6.61 Å². The van der Waals surface area contributed by atoms with E-state index in [0.717, 1.165) is 28.0 Å². The number of hydrogen-bond donors (Lipinski definition) is 4. The van der Waals surface area contributed by atoms with Crippen molar-refractivity contribution in [2.24, 2.45) is 0 Å². The van der Waals surface area contributed by atoms with E-state index in [4.69, 9.17) is 14.2 Å². The Balaban J connectivity index is 1.71. The van der Waals surface area contributed by atoms with Crippen molar-refractivity contribution in [2.45, 2.75) is 50.2 Å². The summed E-state index contributed by atoms with van der Waals surface area (Å²) in [6.07, 6.45) is -4.80. The Morgan fingerprint density at radius 3 is 2.48 bits per heavy atom. The fourth-order valence-electron chi connectivity index (χ4n) is 4.16. The maximum absolute atomic E-state index is 10.7. The molecule has 29 heavy (non-hydrogen) atoms. The van der Waals surface area contributed by atoms with Gasteiger partial charge in [-0.2, -0.15) is 0 Å². The van der Waals surface area contributed by atoms with Gasteiger partial charge in [0.25, 0.3) is 0 Å². The lowest BCUT2D eigenvalue weighted by molar-refractivity contribution is -0.368. The first-order valence-electron chi connectivity index (χ1n) is 9.62. The van der Waals surface area contributed by atoms with Crippen molar-refractivity contribution >= 4 is 0 Å². The molecule has 0 aromatic heterocycles. The molecule has 4 N–H and O–H groups in total. The summed E-state index contributed by atoms with van der Waals surface area (Å²) in [7, 11) is 1.62. The first-order chi connectivity index (χ1) is 13.9. The van der Waals surface area contributed by atoms with Crippen LogP contribution in [0.5, 0.6) is 5.75 Å². The highest BCUT2D eigenvalue weighted by molar-refractivity contribution is 5.45. The Kier molecular flexibility index (Phi) is 5.37. The summed E-state index contributed by atoms with van der Waals surface area (Å²) < 4.78 is 16.9. The topological polar surface area (TPSA) is 109 Å². The van der Waals surface area contributed by atoms with Gasteiger partial charge in [0.2, 0.25) is 5.79 Å². The van der Waals surface area contributed by atoms with Crippen LogP contribution in [0.3, 0.4) is 0 Å². The van der Waals surface area contributed by atoms with Crippen LogP contribution in [0.1, 0.15) is 27.8 Å². The molecule has 1 fully saturated rings. The molecule has 2 aliphatic heterocycles. The lowest BCUT2D eigenvalue weighted by Gasteiger charge is -2.46. The Labute approximate surface area is 169 Å². The molecule has 5 atom stereocenters. The van der Waals surface area contributed by atoms with Gasteiger partial charge in [-0.15, -0.1) is 0 Å². The maximum atomic E-state index is 10.7. The molecule has 2 heterocycles. The summed E-state index contributed by atoms with van der Waals surface area (Å²) in [5.74, 6) is -0.836. The fourth-order valence-corrected chi connectivity index (χ4v) is 4.16. The van der Waals surface area contributed by atoms with E-state index < -0.39 is 36.8 Å². The number of ether oxygens (including phenoxy) is 3. The highest BCUT2D eigenvalue weighted by Crippen LogP contribution is 2.46. The van der Waals surface area contributed by atoms with Gasteiger partial charge in [-0.3, -0.25) is 0 Å². The lowest BCUT2D eigenvalue weighted by atomic mass is 9.85. The molecule has 1 spiro atoms. The van der Waals surface area contributed by atoms with Gasteiger partial charge in [0.1, 0.15) is 30.2 Å². The van der Waals surface area contributed by atoms with Crippen LogP contribution in [0.15, 0.2) is 36.4 Å². The zero-order valence-corrected chi connectivity index (χ0v) is 16.4. The second-order valence-corrected chi connectivity index (χ2v) is 7.68. The third-order valence-corrected chi connectivity index (χ3v) is 5.88. The summed E-state index contributed by atoms with van der Waals surface area (Å²) in [4.78, 5) is 0. The number of aliphatic hydroxyl groups is 4. The van der Waals surface area contributed by atoms with Crippen LogP contribution in [-0.2, 0) is 28.3 Å². The normalized spacial score (nSPS) is 31.1. The van der Waals surface area contributed by atoms with Crippen molar-refractivity contribution in [3.63, 3.8) is 0 Å². The summed E-state index contributed by atoms with van der Waals surface area (Å²) in [5, 5.41) is 40.7. The minimum Gasteiger partial charge on any atom is -0.497 e. The van der Waals surface area contributed by atoms with Crippen LogP contribution in [0.25, 0.3) is 0 Å². The van der Waals surface area contributed by atoms with Gasteiger partial charge in [-0.05, 0) is 53.8 Å². The van der Waals surface area contributed by atoms with Crippen LogP contribution in [0.2, 0.25) is 0 Å². The van der Waals surface area contributed by atoms with Crippen LogP contribution in [0.4, 0.5) is 0 Å². The monoisotopic (exact) mass is 402 g/mol. The van der Waals surface area contributed by atoms with E-state index in [1.165, 1.54) is 0 Å². The lowest BCUT2D eigenvalue weighted by Crippen LogP contribution is -2.63. The minimum atomic E-state index is -1.62. The third-order valence-electron chi connectivity index (χ3n) is 5.88. The molecule has 4 rings (SSSR count). The van der Waals surface area contributed by atoms with E-state index in [0.29, 0.717) is 12.0 Å². The average Bonchev–Trinajstić information content (AvgIpc) is 3.08. The highest BCUT2D eigenvalue weighted by Gasteiger charge is 2.58. The average molecular weight is 402 g/mol.